The van der Waals surface area contributed by atoms with Gasteiger partial charge in [0.15, 0.2) is 0 Å². The molecule has 3 heterocycles. The molecule has 0 amide bonds. The number of carboxylic acids is 1. The fraction of sp³-hybridized carbons (Fsp3) is 0.286. The Labute approximate surface area is 209 Å². The Balaban J connectivity index is 0.00000253. The summed E-state index contributed by atoms with van der Waals surface area (Å²) in [5, 5.41) is 10.8. The van der Waals surface area contributed by atoms with Crippen LogP contribution < -0.4 is 9.47 Å². The van der Waals surface area contributed by atoms with Crippen LogP contribution in [0.3, 0.4) is 0 Å². The molecule has 0 bridgehead atoms. The number of hydrogen-bond donors (Lipinski definition) is 1. The predicted octanol–water partition coefficient (Wildman–Crippen LogP) is 7.06. The Morgan fingerprint density at radius 1 is 1.06 bits per heavy atom. The summed E-state index contributed by atoms with van der Waals surface area (Å²) in [6, 6.07) is 15.3. The van der Waals surface area contributed by atoms with E-state index in [1.807, 2.05) is 36.4 Å². The minimum atomic E-state index is -0.904. The number of aromatic nitrogens is 2. The smallest absolute Gasteiger partial charge is 0.335 e. The number of halogens is 1. The van der Waals surface area contributed by atoms with E-state index in [1.54, 1.807) is 18.5 Å². The van der Waals surface area contributed by atoms with E-state index in [-0.39, 0.29) is 12.4 Å². The summed E-state index contributed by atoms with van der Waals surface area (Å²) in [5.74, 6) is 1.72. The average molecular weight is 491 g/mol. The zero-order valence-corrected chi connectivity index (χ0v) is 20.1. The monoisotopic (exact) mass is 490 g/mol. The second-order valence-corrected chi connectivity index (χ2v) is 9.08. The van der Waals surface area contributed by atoms with Gasteiger partial charge >= 0.3 is 5.97 Å². The number of carboxylic acid groups (broad SMARTS) is 1. The van der Waals surface area contributed by atoms with Crippen molar-refractivity contribution < 1.29 is 19.4 Å². The van der Waals surface area contributed by atoms with Crippen LogP contribution in [0.1, 0.15) is 53.9 Å². The van der Waals surface area contributed by atoms with Gasteiger partial charge in [-0.05, 0) is 60.7 Å². The molecule has 0 saturated heterocycles. The fourth-order valence-corrected chi connectivity index (χ4v) is 5.51. The molecule has 2 aromatic heterocycles. The first-order chi connectivity index (χ1) is 16.7. The third kappa shape index (κ3) is 4.23. The molecule has 7 heteroatoms. The quantitative estimate of drug-likeness (QED) is 0.331. The molecule has 180 valence electrons. The van der Waals surface area contributed by atoms with Gasteiger partial charge in [-0.15, -0.1) is 12.4 Å². The summed E-state index contributed by atoms with van der Waals surface area (Å²) < 4.78 is 14.5. The number of carbonyl (C=O) groups is 1. The summed E-state index contributed by atoms with van der Waals surface area (Å²) >= 11 is 0. The van der Waals surface area contributed by atoms with Crippen molar-refractivity contribution in [2.45, 2.75) is 44.6 Å². The van der Waals surface area contributed by atoms with Crippen LogP contribution in [0.15, 0.2) is 60.9 Å². The normalized spacial score (nSPS) is 15.3. The van der Waals surface area contributed by atoms with Crippen molar-refractivity contribution in [2.24, 2.45) is 0 Å². The maximum absolute atomic E-state index is 11.7. The molecule has 1 saturated carbocycles. The Kier molecular flexibility index (Phi) is 6.39. The van der Waals surface area contributed by atoms with Crippen molar-refractivity contribution in [1.29, 1.82) is 0 Å². The number of aromatic carboxylic acids is 1. The van der Waals surface area contributed by atoms with Crippen molar-refractivity contribution in [2.75, 3.05) is 6.61 Å². The lowest BCUT2D eigenvalue weighted by molar-refractivity contribution is 0.0697. The number of nitrogens with zero attached hydrogens (tertiary/aromatic N) is 2. The number of pyridine rings is 1. The fourth-order valence-electron chi connectivity index (χ4n) is 5.51. The summed E-state index contributed by atoms with van der Waals surface area (Å²) in [5.41, 5.74) is 4.81. The summed E-state index contributed by atoms with van der Waals surface area (Å²) in [7, 11) is 0. The minimum absolute atomic E-state index is 0. The molecule has 1 aliphatic heterocycles. The largest absolute Gasteiger partial charge is 0.491 e. The van der Waals surface area contributed by atoms with Gasteiger partial charge in [0.2, 0.25) is 0 Å². The van der Waals surface area contributed by atoms with Crippen LogP contribution in [0.4, 0.5) is 0 Å². The summed E-state index contributed by atoms with van der Waals surface area (Å²) in [6.07, 6.45) is 9.45. The highest BCUT2D eigenvalue weighted by Crippen LogP contribution is 2.48. The van der Waals surface area contributed by atoms with E-state index in [0.717, 1.165) is 40.8 Å². The highest BCUT2D eigenvalue weighted by molar-refractivity contribution is 5.98. The van der Waals surface area contributed by atoms with Crippen LogP contribution in [0.25, 0.3) is 22.2 Å². The highest BCUT2D eigenvalue weighted by atomic mass is 35.5. The molecule has 2 aromatic carbocycles. The van der Waals surface area contributed by atoms with E-state index in [9.17, 15) is 9.90 Å². The lowest BCUT2D eigenvalue weighted by Crippen LogP contribution is -2.07. The molecule has 0 atom stereocenters. The predicted molar refractivity (Wildman–Crippen MR) is 137 cm³/mol. The van der Waals surface area contributed by atoms with Crippen LogP contribution in [0.5, 0.6) is 17.2 Å². The van der Waals surface area contributed by atoms with Gasteiger partial charge in [0, 0.05) is 28.7 Å². The molecule has 4 aromatic rings. The Hall–Kier alpha value is -3.51. The lowest BCUT2D eigenvalue weighted by atomic mass is 9.81. The van der Waals surface area contributed by atoms with Gasteiger partial charge in [-0.3, -0.25) is 4.98 Å². The number of fused-ring (bicyclic) bond motifs is 5. The van der Waals surface area contributed by atoms with Crippen LogP contribution >= 0.6 is 12.4 Å². The van der Waals surface area contributed by atoms with Gasteiger partial charge in [-0.2, -0.15) is 0 Å². The van der Waals surface area contributed by atoms with Crippen molar-refractivity contribution >= 4 is 29.3 Å². The standard InChI is InChI=1S/C28H26N2O4.ClH/c31-28(32)19-8-10-22-24(15-19)30-13-14-33-25-16-20(34-21-7-4-12-29-17-21)9-11-23(25)27(30)26(22)18-5-2-1-3-6-18;/h4,7-12,15-18H,1-3,5-6,13-14H2,(H,31,32);1H. The van der Waals surface area contributed by atoms with Crippen molar-refractivity contribution in [3.63, 3.8) is 0 Å². The molecule has 6 rings (SSSR count). The lowest BCUT2D eigenvalue weighted by Gasteiger charge is -2.23. The van der Waals surface area contributed by atoms with Gasteiger partial charge in [-0.25, -0.2) is 4.79 Å². The van der Waals surface area contributed by atoms with E-state index in [1.165, 1.54) is 24.8 Å². The third-order valence-corrected chi connectivity index (χ3v) is 7.01. The first-order valence-electron chi connectivity index (χ1n) is 11.9. The number of hydrogen-bond acceptors (Lipinski definition) is 4. The zero-order chi connectivity index (χ0) is 23.1. The summed E-state index contributed by atoms with van der Waals surface area (Å²) in [6.45, 7) is 1.16. The van der Waals surface area contributed by atoms with Gasteiger partial charge < -0.3 is 19.1 Å². The molecular formula is C28H27ClN2O4. The minimum Gasteiger partial charge on any atom is -0.491 e. The van der Waals surface area contributed by atoms with Crippen LogP contribution in [0, 0.1) is 0 Å². The van der Waals surface area contributed by atoms with Crippen molar-refractivity contribution in [3.05, 3.63) is 72.1 Å². The van der Waals surface area contributed by atoms with E-state index in [0.29, 0.717) is 36.1 Å². The van der Waals surface area contributed by atoms with E-state index in [2.05, 4.69) is 15.6 Å². The molecule has 1 aliphatic carbocycles. The zero-order valence-electron chi connectivity index (χ0n) is 19.3. The first kappa shape index (κ1) is 23.2. The molecular weight excluding hydrogens is 464 g/mol. The highest BCUT2D eigenvalue weighted by Gasteiger charge is 2.29. The van der Waals surface area contributed by atoms with Gasteiger partial charge in [0.1, 0.15) is 23.9 Å². The van der Waals surface area contributed by atoms with Gasteiger partial charge in [-0.1, -0.05) is 25.3 Å². The maximum Gasteiger partial charge on any atom is 0.335 e. The van der Waals surface area contributed by atoms with Crippen LogP contribution in [-0.2, 0) is 6.54 Å². The third-order valence-electron chi connectivity index (χ3n) is 7.01. The molecule has 1 N–H and O–H groups in total. The van der Waals surface area contributed by atoms with Crippen molar-refractivity contribution in [3.8, 4) is 28.5 Å². The molecule has 35 heavy (non-hydrogen) atoms. The van der Waals surface area contributed by atoms with E-state index >= 15 is 0 Å². The SMILES string of the molecule is Cl.O=C(O)c1ccc2c(C3CCCCC3)c3n(c2c1)CCOc1cc(Oc2cccnc2)ccc1-3. The van der Waals surface area contributed by atoms with E-state index < -0.39 is 5.97 Å². The molecule has 6 nitrogen and oxygen atoms in total. The maximum atomic E-state index is 11.7. The number of benzene rings is 2. The number of rotatable bonds is 4. The van der Waals surface area contributed by atoms with Gasteiger partial charge in [0.25, 0.3) is 0 Å². The number of ether oxygens (including phenoxy) is 2. The molecule has 2 aliphatic rings. The second kappa shape index (κ2) is 9.62. The van der Waals surface area contributed by atoms with E-state index in [4.69, 9.17) is 9.47 Å². The molecule has 1 fully saturated rings. The second-order valence-electron chi connectivity index (χ2n) is 9.08. The van der Waals surface area contributed by atoms with Crippen LogP contribution in [0.2, 0.25) is 0 Å². The van der Waals surface area contributed by atoms with Gasteiger partial charge in [0.05, 0.1) is 24.0 Å². The van der Waals surface area contributed by atoms with Crippen LogP contribution in [-0.4, -0.2) is 27.2 Å². The Morgan fingerprint density at radius 2 is 1.91 bits per heavy atom. The van der Waals surface area contributed by atoms with Crippen molar-refractivity contribution in [1.82, 2.24) is 9.55 Å². The molecule has 0 unspecified atom stereocenters. The topological polar surface area (TPSA) is 73.6 Å². The molecule has 0 spiro atoms. The average Bonchev–Trinajstić information content (AvgIpc) is 3.07. The molecule has 0 radical (unpaired) electrons. The Morgan fingerprint density at radius 3 is 2.69 bits per heavy atom. The first-order valence-corrected chi connectivity index (χ1v) is 11.9. The summed E-state index contributed by atoms with van der Waals surface area (Å²) in [4.78, 5) is 15.8. The Bertz CT molecular complexity index is 1380.